The van der Waals surface area contributed by atoms with Crippen molar-refractivity contribution in [2.75, 3.05) is 19.0 Å². The molecule has 0 aliphatic carbocycles. The molecule has 0 radical (unpaired) electrons. The predicted molar refractivity (Wildman–Crippen MR) is 121 cm³/mol. The van der Waals surface area contributed by atoms with Crippen molar-refractivity contribution in [3.05, 3.63) is 64.1 Å². The van der Waals surface area contributed by atoms with E-state index in [1.54, 1.807) is 25.3 Å². The lowest BCUT2D eigenvalue weighted by Gasteiger charge is -2.11. The number of carbonyl (C=O) groups is 1. The Hall–Kier alpha value is -2.90. The maximum absolute atomic E-state index is 12.3. The molecular formula is C22H22ClN3O3S. The van der Waals surface area contributed by atoms with Crippen molar-refractivity contribution in [3.63, 3.8) is 0 Å². The minimum atomic E-state index is -0.329. The molecule has 0 fully saturated rings. The number of anilines is 1. The number of hydrogen-bond donors (Lipinski definition) is 1. The first kappa shape index (κ1) is 21.8. The van der Waals surface area contributed by atoms with Crippen LogP contribution in [0.25, 0.3) is 11.1 Å². The molecule has 3 aromatic rings. The topological polar surface area (TPSA) is 73.3 Å². The zero-order valence-corrected chi connectivity index (χ0v) is 18.3. The minimum Gasteiger partial charge on any atom is -0.493 e. The first-order chi connectivity index (χ1) is 14.6. The lowest BCUT2D eigenvalue weighted by atomic mass is 10.2. The number of nitrogens with one attached hydrogen (secondary N) is 1. The second-order valence-electron chi connectivity index (χ2n) is 6.34. The quantitative estimate of drug-likeness (QED) is 0.428. The Morgan fingerprint density at radius 2 is 1.90 bits per heavy atom. The Kier molecular flexibility index (Phi) is 7.82. The van der Waals surface area contributed by atoms with Crippen LogP contribution in [0.1, 0.15) is 40.1 Å². The highest BCUT2D eigenvalue weighted by atomic mass is 35.5. The van der Waals surface area contributed by atoms with Crippen molar-refractivity contribution < 1.29 is 14.3 Å². The molecule has 3 rings (SSSR count). The SMILES string of the molecule is CCCCOc1ccc(/C=C(\Cl)c2nnc(C(=O)Nc3ccccc3)s2)cc1OC. The molecule has 1 heterocycles. The number of methoxy groups -OCH3 is 1. The maximum atomic E-state index is 12.3. The third-order valence-electron chi connectivity index (χ3n) is 4.09. The lowest BCUT2D eigenvalue weighted by Crippen LogP contribution is -2.11. The number of carbonyl (C=O) groups excluding carboxylic acids is 1. The third-order valence-corrected chi connectivity index (χ3v) is 5.45. The summed E-state index contributed by atoms with van der Waals surface area (Å²) < 4.78 is 11.2. The van der Waals surface area contributed by atoms with Gasteiger partial charge in [-0.1, -0.05) is 60.5 Å². The summed E-state index contributed by atoms with van der Waals surface area (Å²) in [4.78, 5) is 12.3. The highest BCUT2D eigenvalue weighted by Gasteiger charge is 2.15. The molecule has 2 aromatic carbocycles. The van der Waals surface area contributed by atoms with Crippen LogP contribution in [0.2, 0.25) is 0 Å². The Morgan fingerprint density at radius 3 is 2.63 bits per heavy atom. The van der Waals surface area contributed by atoms with Gasteiger partial charge in [-0.25, -0.2) is 0 Å². The summed E-state index contributed by atoms with van der Waals surface area (Å²) in [6, 6.07) is 14.7. The van der Waals surface area contributed by atoms with Gasteiger partial charge in [0.15, 0.2) is 16.5 Å². The van der Waals surface area contributed by atoms with Crippen LogP contribution in [-0.2, 0) is 0 Å². The average Bonchev–Trinajstić information content (AvgIpc) is 3.26. The van der Waals surface area contributed by atoms with E-state index in [1.165, 1.54) is 0 Å². The summed E-state index contributed by atoms with van der Waals surface area (Å²) >= 11 is 7.55. The standard InChI is InChI=1S/C22H22ClN3O3S/c1-3-4-12-29-18-11-10-15(14-19(18)28-2)13-17(23)21-25-26-22(30-21)20(27)24-16-8-6-5-7-9-16/h5-11,13-14H,3-4,12H2,1-2H3,(H,24,27)/b17-13-. The van der Waals surface area contributed by atoms with Crippen molar-refractivity contribution in [1.29, 1.82) is 0 Å². The molecule has 1 aromatic heterocycles. The smallest absolute Gasteiger partial charge is 0.286 e. The first-order valence-corrected chi connectivity index (χ1v) is 10.7. The van der Waals surface area contributed by atoms with E-state index in [1.807, 2.05) is 36.4 Å². The first-order valence-electron chi connectivity index (χ1n) is 9.49. The Morgan fingerprint density at radius 1 is 1.13 bits per heavy atom. The lowest BCUT2D eigenvalue weighted by molar-refractivity contribution is 0.102. The van der Waals surface area contributed by atoms with Gasteiger partial charge in [0.2, 0.25) is 5.01 Å². The highest BCUT2D eigenvalue weighted by Crippen LogP contribution is 2.31. The van der Waals surface area contributed by atoms with Gasteiger partial charge in [0.25, 0.3) is 5.91 Å². The summed E-state index contributed by atoms with van der Waals surface area (Å²) in [7, 11) is 1.60. The normalized spacial score (nSPS) is 11.2. The van der Waals surface area contributed by atoms with E-state index in [0.717, 1.165) is 29.7 Å². The number of unbranched alkanes of at least 4 members (excludes halogenated alkanes) is 1. The van der Waals surface area contributed by atoms with Gasteiger partial charge in [-0.3, -0.25) is 4.79 Å². The van der Waals surface area contributed by atoms with Gasteiger partial charge >= 0.3 is 0 Å². The fourth-order valence-electron chi connectivity index (χ4n) is 2.55. The van der Waals surface area contributed by atoms with E-state index in [0.29, 0.717) is 33.8 Å². The Labute approximate surface area is 184 Å². The van der Waals surface area contributed by atoms with Crippen molar-refractivity contribution in [2.45, 2.75) is 19.8 Å². The van der Waals surface area contributed by atoms with Crippen molar-refractivity contribution in [3.8, 4) is 11.5 Å². The number of hydrogen-bond acceptors (Lipinski definition) is 6. The molecule has 1 amide bonds. The van der Waals surface area contributed by atoms with Gasteiger partial charge in [0.1, 0.15) is 0 Å². The van der Waals surface area contributed by atoms with Crippen LogP contribution in [-0.4, -0.2) is 29.8 Å². The number of aromatic nitrogens is 2. The zero-order valence-electron chi connectivity index (χ0n) is 16.7. The molecule has 30 heavy (non-hydrogen) atoms. The molecule has 0 spiro atoms. The minimum absolute atomic E-state index is 0.234. The van der Waals surface area contributed by atoms with E-state index < -0.39 is 0 Å². The molecule has 8 heteroatoms. The van der Waals surface area contributed by atoms with Crippen LogP contribution in [0.3, 0.4) is 0 Å². The second-order valence-corrected chi connectivity index (χ2v) is 7.72. The maximum Gasteiger partial charge on any atom is 0.286 e. The summed E-state index contributed by atoms with van der Waals surface area (Å²) in [5, 5.41) is 11.8. The van der Waals surface area contributed by atoms with Gasteiger partial charge in [0.05, 0.1) is 18.7 Å². The fraction of sp³-hybridized carbons (Fsp3) is 0.227. The summed E-state index contributed by atoms with van der Waals surface area (Å²) in [6.45, 7) is 2.75. The summed E-state index contributed by atoms with van der Waals surface area (Å²) in [5.74, 6) is 0.990. The number of benzene rings is 2. The van der Waals surface area contributed by atoms with Gasteiger partial charge < -0.3 is 14.8 Å². The van der Waals surface area contributed by atoms with Crippen molar-refractivity contribution >= 4 is 45.6 Å². The molecule has 0 saturated carbocycles. The van der Waals surface area contributed by atoms with Crippen LogP contribution < -0.4 is 14.8 Å². The van der Waals surface area contributed by atoms with Crippen LogP contribution in [0.15, 0.2) is 48.5 Å². The van der Waals surface area contributed by atoms with E-state index in [9.17, 15) is 4.79 Å². The van der Waals surface area contributed by atoms with Gasteiger partial charge in [-0.05, 0) is 42.3 Å². The largest absolute Gasteiger partial charge is 0.493 e. The molecule has 6 nitrogen and oxygen atoms in total. The Bertz CT molecular complexity index is 1020. The van der Waals surface area contributed by atoms with Crippen LogP contribution in [0, 0.1) is 0 Å². The van der Waals surface area contributed by atoms with Gasteiger partial charge in [0, 0.05) is 5.69 Å². The third kappa shape index (κ3) is 5.81. The van der Waals surface area contributed by atoms with E-state index in [4.69, 9.17) is 21.1 Å². The predicted octanol–water partition coefficient (Wildman–Crippen LogP) is 5.71. The molecule has 0 bridgehead atoms. The number of rotatable bonds is 9. The number of amides is 1. The zero-order chi connectivity index (χ0) is 21.3. The van der Waals surface area contributed by atoms with Crippen molar-refractivity contribution in [2.24, 2.45) is 0 Å². The van der Waals surface area contributed by atoms with Gasteiger partial charge in [-0.15, -0.1) is 10.2 Å². The number of nitrogens with zero attached hydrogens (tertiary/aromatic N) is 2. The van der Waals surface area contributed by atoms with Crippen LogP contribution in [0.5, 0.6) is 11.5 Å². The van der Waals surface area contributed by atoms with Gasteiger partial charge in [-0.2, -0.15) is 0 Å². The molecule has 0 aliphatic heterocycles. The van der Waals surface area contributed by atoms with Crippen LogP contribution in [0.4, 0.5) is 5.69 Å². The molecule has 1 N–H and O–H groups in total. The number of ether oxygens (including phenoxy) is 2. The summed E-state index contributed by atoms with van der Waals surface area (Å²) in [5.41, 5.74) is 1.51. The fourth-order valence-corrected chi connectivity index (χ4v) is 3.47. The van der Waals surface area contributed by atoms with Crippen LogP contribution >= 0.6 is 22.9 Å². The molecule has 156 valence electrons. The Balaban J connectivity index is 1.72. The molecule has 0 unspecified atom stereocenters. The molecule has 0 atom stereocenters. The molecular weight excluding hydrogens is 422 g/mol. The number of halogens is 1. The molecule has 0 saturated heterocycles. The average molecular weight is 444 g/mol. The monoisotopic (exact) mass is 443 g/mol. The van der Waals surface area contributed by atoms with E-state index >= 15 is 0 Å². The van der Waals surface area contributed by atoms with E-state index in [-0.39, 0.29) is 10.9 Å². The van der Waals surface area contributed by atoms with Crippen molar-refractivity contribution in [1.82, 2.24) is 10.2 Å². The second kappa shape index (κ2) is 10.8. The highest BCUT2D eigenvalue weighted by molar-refractivity contribution is 7.15. The molecule has 0 aliphatic rings. The summed E-state index contributed by atoms with van der Waals surface area (Å²) in [6.07, 6.45) is 3.79. The number of para-hydroxylation sites is 1. The van der Waals surface area contributed by atoms with E-state index in [2.05, 4.69) is 22.4 Å².